The van der Waals surface area contributed by atoms with E-state index in [2.05, 4.69) is 0 Å². The lowest BCUT2D eigenvalue weighted by Crippen LogP contribution is -2.09. The Morgan fingerprint density at radius 3 is 2.41 bits per heavy atom. The van der Waals surface area contributed by atoms with Crippen molar-refractivity contribution >= 4 is 38.7 Å². The van der Waals surface area contributed by atoms with Crippen LogP contribution in [-0.2, 0) is 0 Å². The Kier molecular flexibility index (Phi) is 5.31. The van der Waals surface area contributed by atoms with E-state index in [0.29, 0.717) is 16.9 Å². The molecule has 0 fully saturated rings. The van der Waals surface area contributed by atoms with Crippen LogP contribution in [0.15, 0.2) is 110 Å². The van der Waals surface area contributed by atoms with Crippen LogP contribution in [0.3, 0.4) is 0 Å². The van der Waals surface area contributed by atoms with Gasteiger partial charge in [0.05, 0.1) is 10.9 Å². The first-order valence-corrected chi connectivity index (χ1v) is 11.4. The zero-order valence-electron chi connectivity index (χ0n) is 19.5. The fourth-order valence-corrected chi connectivity index (χ4v) is 4.29. The highest BCUT2D eigenvalue weighted by molar-refractivity contribution is 6.05. The van der Waals surface area contributed by atoms with Crippen LogP contribution >= 0.6 is 0 Å². The molecule has 2 aromatic heterocycles. The highest BCUT2D eigenvalue weighted by atomic mass is 16.5. The van der Waals surface area contributed by atoms with E-state index < -0.39 is 17.0 Å². The topological polar surface area (TPSA) is 95.9 Å². The number of carbonyl (C=O) groups is 1. The Balaban J connectivity index is 1.29. The maximum atomic E-state index is 13.0. The molecule has 0 radical (unpaired) electrons. The number of hydrogen-bond acceptors (Lipinski definition) is 7. The van der Waals surface area contributed by atoms with E-state index in [9.17, 15) is 14.4 Å². The molecule has 0 unspecified atom stereocenters. The maximum Gasteiger partial charge on any atom is 0.344 e. The molecule has 0 spiro atoms. The van der Waals surface area contributed by atoms with Crippen molar-refractivity contribution in [3.8, 4) is 17.2 Å². The minimum absolute atomic E-state index is 0.0395. The molecule has 0 aliphatic rings. The van der Waals surface area contributed by atoms with Crippen LogP contribution in [0, 0.1) is 6.92 Å². The third-order valence-corrected chi connectivity index (χ3v) is 6.09. The SMILES string of the molecule is Cc1cc(=O)oc2cc(Oc3coc4cc(OC(=O)c5cccc6ccccc56)ccc4c3=O)ccc12. The van der Waals surface area contributed by atoms with Gasteiger partial charge in [0.2, 0.25) is 11.2 Å². The molecule has 4 aromatic carbocycles. The molecule has 0 atom stereocenters. The normalized spacial score (nSPS) is 11.2. The third-order valence-electron chi connectivity index (χ3n) is 6.09. The van der Waals surface area contributed by atoms with E-state index >= 15 is 0 Å². The standard InChI is InChI=1S/C30H18O7/c1-17-13-28(31)37-26-15-19(9-11-21(17)26)35-27-16-34-25-14-20(10-12-24(25)29(27)32)36-30(33)23-8-4-6-18-5-2-3-7-22(18)23/h2-16H,1H3. The lowest BCUT2D eigenvalue weighted by molar-refractivity contribution is 0.0737. The Morgan fingerprint density at radius 2 is 1.51 bits per heavy atom. The van der Waals surface area contributed by atoms with Crippen molar-refractivity contribution in [2.75, 3.05) is 0 Å². The minimum Gasteiger partial charge on any atom is -0.460 e. The Morgan fingerprint density at radius 1 is 0.757 bits per heavy atom. The third kappa shape index (κ3) is 4.12. The van der Waals surface area contributed by atoms with Crippen LogP contribution in [0.25, 0.3) is 32.7 Å². The predicted molar refractivity (Wildman–Crippen MR) is 139 cm³/mol. The van der Waals surface area contributed by atoms with E-state index in [1.165, 1.54) is 30.5 Å². The van der Waals surface area contributed by atoms with Crippen molar-refractivity contribution in [3.05, 3.63) is 123 Å². The first-order valence-electron chi connectivity index (χ1n) is 11.4. The fraction of sp³-hybridized carbons (Fsp3) is 0.0333. The van der Waals surface area contributed by atoms with Gasteiger partial charge in [-0.1, -0.05) is 36.4 Å². The highest BCUT2D eigenvalue weighted by Gasteiger charge is 2.15. The minimum atomic E-state index is -0.517. The molecular formula is C30H18O7. The molecule has 6 aromatic rings. The molecule has 0 amide bonds. The summed E-state index contributed by atoms with van der Waals surface area (Å²) in [5.41, 5.74) is 0.930. The molecule has 7 heteroatoms. The van der Waals surface area contributed by atoms with Gasteiger partial charge in [-0.3, -0.25) is 4.79 Å². The van der Waals surface area contributed by atoms with Gasteiger partial charge >= 0.3 is 11.6 Å². The molecule has 0 saturated carbocycles. The number of carbonyl (C=O) groups excluding carboxylic acids is 1. The summed E-state index contributed by atoms with van der Waals surface area (Å²) >= 11 is 0. The summed E-state index contributed by atoms with van der Waals surface area (Å²) in [6.07, 6.45) is 1.19. The van der Waals surface area contributed by atoms with Gasteiger partial charge in [-0.25, -0.2) is 9.59 Å². The van der Waals surface area contributed by atoms with Gasteiger partial charge in [-0.05, 0) is 53.6 Å². The van der Waals surface area contributed by atoms with Gasteiger partial charge in [0, 0.05) is 23.6 Å². The summed E-state index contributed by atoms with van der Waals surface area (Å²) in [7, 11) is 0. The van der Waals surface area contributed by atoms with E-state index in [1.54, 1.807) is 30.3 Å². The van der Waals surface area contributed by atoms with Crippen molar-refractivity contribution in [2.45, 2.75) is 6.92 Å². The van der Waals surface area contributed by atoms with Crippen LogP contribution in [0.1, 0.15) is 15.9 Å². The van der Waals surface area contributed by atoms with Crippen molar-refractivity contribution in [1.82, 2.24) is 0 Å². The molecule has 2 heterocycles. The maximum absolute atomic E-state index is 13.0. The molecule has 0 saturated heterocycles. The summed E-state index contributed by atoms with van der Waals surface area (Å²) < 4.78 is 22.2. The Hall–Kier alpha value is -5.17. The zero-order valence-corrected chi connectivity index (χ0v) is 19.5. The van der Waals surface area contributed by atoms with Crippen LogP contribution < -0.4 is 20.5 Å². The van der Waals surface area contributed by atoms with E-state index in [0.717, 1.165) is 21.7 Å². The summed E-state index contributed by atoms with van der Waals surface area (Å²) in [5, 5.41) is 2.73. The van der Waals surface area contributed by atoms with Crippen molar-refractivity contribution < 1.29 is 23.1 Å². The number of ether oxygens (including phenoxy) is 2. The zero-order chi connectivity index (χ0) is 25.5. The number of aryl methyl sites for hydroxylation is 1. The molecule has 7 nitrogen and oxygen atoms in total. The summed E-state index contributed by atoms with van der Waals surface area (Å²) in [4.78, 5) is 37.6. The van der Waals surface area contributed by atoms with Gasteiger partial charge in [0.15, 0.2) is 0 Å². The van der Waals surface area contributed by atoms with Crippen LogP contribution in [0.4, 0.5) is 0 Å². The van der Waals surface area contributed by atoms with Crippen LogP contribution in [-0.4, -0.2) is 5.97 Å². The van der Waals surface area contributed by atoms with Crippen molar-refractivity contribution in [3.63, 3.8) is 0 Å². The molecule has 0 aliphatic heterocycles. The second kappa shape index (κ2) is 8.80. The molecule has 0 aliphatic carbocycles. The Labute approximate surface area is 209 Å². The first kappa shape index (κ1) is 22.3. The Bertz CT molecular complexity index is 1960. The number of fused-ring (bicyclic) bond motifs is 3. The fourth-order valence-electron chi connectivity index (χ4n) is 4.29. The quantitative estimate of drug-likeness (QED) is 0.161. The van der Waals surface area contributed by atoms with Crippen LogP contribution in [0.5, 0.6) is 17.2 Å². The molecule has 37 heavy (non-hydrogen) atoms. The summed E-state index contributed by atoms with van der Waals surface area (Å²) in [6, 6.07) is 23.9. The lowest BCUT2D eigenvalue weighted by atomic mass is 10.0. The lowest BCUT2D eigenvalue weighted by Gasteiger charge is -2.09. The molecule has 0 N–H and O–H groups in total. The smallest absolute Gasteiger partial charge is 0.344 e. The van der Waals surface area contributed by atoms with E-state index in [4.69, 9.17) is 18.3 Å². The number of hydrogen-bond donors (Lipinski definition) is 0. The summed E-state index contributed by atoms with van der Waals surface area (Å²) in [5.74, 6) is -0.00490. The van der Waals surface area contributed by atoms with Gasteiger partial charge in [0.1, 0.15) is 28.9 Å². The average molecular weight is 490 g/mol. The largest absolute Gasteiger partial charge is 0.460 e. The average Bonchev–Trinajstić information content (AvgIpc) is 2.89. The van der Waals surface area contributed by atoms with Gasteiger partial charge in [-0.15, -0.1) is 0 Å². The van der Waals surface area contributed by atoms with Crippen LogP contribution in [0.2, 0.25) is 0 Å². The number of benzene rings is 4. The van der Waals surface area contributed by atoms with E-state index in [1.807, 2.05) is 37.3 Å². The van der Waals surface area contributed by atoms with Gasteiger partial charge in [-0.2, -0.15) is 0 Å². The van der Waals surface area contributed by atoms with Gasteiger partial charge < -0.3 is 18.3 Å². The second-order valence-corrected chi connectivity index (χ2v) is 8.51. The van der Waals surface area contributed by atoms with Gasteiger partial charge in [0.25, 0.3) is 0 Å². The monoisotopic (exact) mass is 490 g/mol. The van der Waals surface area contributed by atoms with Crippen molar-refractivity contribution in [1.29, 1.82) is 0 Å². The molecule has 180 valence electrons. The van der Waals surface area contributed by atoms with E-state index in [-0.39, 0.29) is 22.5 Å². The number of esters is 1. The second-order valence-electron chi connectivity index (χ2n) is 8.51. The molecular weight excluding hydrogens is 472 g/mol. The highest BCUT2D eigenvalue weighted by Crippen LogP contribution is 2.28. The van der Waals surface area contributed by atoms with Crippen molar-refractivity contribution in [2.24, 2.45) is 0 Å². The summed E-state index contributed by atoms with van der Waals surface area (Å²) in [6.45, 7) is 1.81. The first-order chi connectivity index (χ1) is 18.0. The molecule has 0 bridgehead atoms. The molecule has 6 rings (SSSR count). The predicted octanol–water partition coefficient (Wildman–Crippen LogP) is 6.37. The number of rotatable bonds is 4.